The van der Waals surface area contributed by atoms with E-state index in [1.807, 2.05) is 0 Å². The van der Waals surface area contributed by atoms with Gasteiger partial charge in [-0.05, 0) is 36.8 Å². The Labute approximate surface area is 91.5 Å². The summed E-state index contributed by atoms with van der Waals surface area (Å²) in [5.74, 6) is 0. The van der Waals surface area contributed by atoms with Crippen molar-refractivity contribution in [1.82, 2.24) is 9.78 Å². The first-order chi connectivity index (χ1) is 7.58. The molecule has 0 atom stereocenters. The van der Waals surface area contributed by atoms with E-state index >= 15 is 0 Å². The summed E-state index contributed by atoms with van der Waals surface area (Å²) in [5, 5.41) is 3.84. The maximum absolute atomic E-state index is 12.5. The zero-order valence-corrected chi connectivity index (χ0v) is 8.69. The van der Waals surface area contributed by atoms with Gasteiger partial charge >= 0.3 is 0 Å². The van der Waals surface area contributed by atoms with Crippen molar-refractivity contribution in [3.8, 4) is 5.69 Å². The van der Waals surface area contributed by atoms with Crippen LogP contribution >= 0.6 is 0 Å². The number of hydrogen-bond acceptors (Lipinski definition) is 2. The largest absolute Gasteiger partial charge is 0.399 e. The predicted octanol–water partition coefficient (Wildman–Crippen LogP) is 2.70. The summed E-state index contributed by atoms with van der Waals surface area (Å²) in [5.41, 5.74) is 7.17. The normalized spacial score (nSPS) is 11.0. The summed E-state index contributed by atoms with van der Waals surface area (Å²) in [4.78, 5) is 0. The van der Waals surface area contributed by atoms with E-state index in [9.17, 15) is 8.78 Å². The smallest absolute Gasteiger partial charge is 0.282 e. The lowest BCUT2D eigenvalue weighted by Gasteiger charge is -2.01. The molecule has 0 radical (unpaired) electrons. The van der Waals surface area contributed by atoms with E-state index in [0.717, 1.165) is 0 Å². The van der Waals surface area contributed by atoms with Crippen LogP contribution in [0.25, 0.3) is 5.69 Å². The van der Waals surface area contributed by atoms with Crippen molar-refractivity contribution in [2.24, 2.45) is 0 Å². The lowest BCUT2D eigenvalue weighted by molar-refractivity contribution is 0.145. The Morgan fingerprint density at radius 1 is 1.25 bits per heavy atom. The molecule has 0 saturated carbocycles. The fourth-order valence-corrected chi connectivity index (χ4v) is 1.45. The van der Waals surface area contributed by atoms with E-state index in [0.29, 0.717) is 16.9 Å². The van der Waals surface area contributed by atoms with Gasteiger partial charge in [0.1, 0.15) is 5.69 Å². The first-order valence-electron chi connectivity index (χ1n) is 4.78. The van der Waals surface area contributed by atoms with E-state index in [-0.39, 0.29) is 5.69 Å². The van der Waals surface area contributed by atoms with Gasteiger partial charge in [0.25, 0.3) is 6.43 Å². The molecule has 0 amide bonds. The molecule has 0 fully saturated rings. The number of aryl methyl sites for hydroxylation is 1. The number of halogens is 2. The van der Waals surface area contributed by atoms with Gasteiger partial charge in [0.2, 0.25) is 0 Å². The highest BCUT2D eigenvalue weighted by molar-refractivity contribution is 5.45. The monoisotopic (exact) mass is 223 g/mol. The summed E-state index contributed by atoms with van der Waals surface area (Å²) in [6, 6.07) is 6.87. The molecule has 84 valence electrons. The number of anilines is 1. The molecule has 0 unspecified atom stereocenters. The van der Waals surface area contributed by atoms with E-state index in [4.69, 9.17) is 5.73 Å². The number of hydrogen-bond donors (Lipinski definition) is 1. The lowest BCUT2D eigenvalue weighted by atomic mass is 10.3. The molecule has 1 aromatic carbocycles. The van der Waals surface area contributed by atoms with Gasteiger partial charge in [-0.1, -0.05) is 0 Å². The Bertz CT molecular complexity index is 488. The molecule has 0 aliphatic heterocycles. The highest BCUT2D eigenvalue weighted by Crippen LogP contribution is 2.22. The molecule has 0 aliphatic carbocycles. The minimum Gasteiger partial charge on any atom is -0.399 e. The van der Waals surface area contributed by atoms with Crippen molar-refractivity contribution in [1.29, 1.82) is 0 Å². The SMILES string of the molecule is Cc1cn(-c2ccc(N)cc2)nc1C(F)F. The second-order valence-electron chi connectivity index (χ2n) is 3.53. The van der Waals surface area contributed by atoms with Gasteiger partial charge in [0.05, 0.1) is 5.69 Å². The number of alkyl halides is 2. The van der Waals surface area contributed by atoms with Gasteiger partial charge in [0.15, 0.2) is 0 Å². The van der Waals surface area contributed by atoms with Crippen LogP contribution in [0, 0.1) is 6.92 Å². The van der Waals surface area contributed by atoms with Crippen molar-refractivity contribution in [3.63, 3.8) is 0 Å². The number of benzene rings is 1. The van der Waals surface area contributed by atoms with E-state index in [1.54, 1.807) is 37.4 Å². The molecule has 1 aromatic heterocycles. The lowest BCUT2D eigenvalue weighted by Crippen LogP contribution is -1.96. The molecule has 5 heteroatoms. The van der Waals surface area contributed by atoms with Crippen LogP contribution in [0.15, 0.2) is 30.5 Å². The number of nitrogen functional groups attached to an aromatic ring is 1. The van der Waals surface area contributed by atoms with Crippen LogP contribution < -0.4 is 5.73 Å². The highest BCUT2D eigenvalue weighted by atomic mass is 19.3. The Morgan fingerprint density at radius 3 is 2.38 bits per heavy atom. The first kappa shape index (κ1) is 10.6. The highest BCUT2D eigenvalue weighted by Gasteiger charge is 2.15. The summed E-state index contributed by atoms with van der Waals surface area (Å²) in [6.07, 6.45) is -0.970. The third kappa shape index (κ3) is 1.88. The fourth-order valence-electron chi connectivity index (χ4n) is 1.45. The van der Waals surface area contributed by atoms with E-state index < -0.39 is 6.43 Å². The minimum absolute atomic E-state index is 0.183. The number of nitrogens with zero attached hydrogens (tertiary/aromatic N) is 2. The summed E-state index contributed by atoms with van der Waals surface area (Å²) < 4.78 is 26.5. The first-order valence-corrected chi connectivity index (χ1v) is 4.78. The second-order valence-corrected chi connectivity index (χ2v) is 3.53. The molecule has 0 aliphatic rings. The van der Waals surface area contributed by atoms with Crippen LogP contribution in [0.2, 0.25) is 0 Å². The molecule has 1 heterocycles. The quantitative estimate of drug-likeness (QED) is 0.795. The van der Waals surface area contributed by atoms with Crippen LogP contribution in [0.4, 0.5) is 14.5 Å². The predicted molar refractivity (Wildman–Crippen MR) is 57.7 cm³/mol. The van der Waals surface area contributed by atoms with Crippen LogP contribution in [0.1, 0.15) is 17.7 Å². The summed E-state index contributed by atoms with van der Waals surface area (Å²) in [6.45, 7) is 1.61. The molecule has 3 nitrogen and oxygen atoms in total. The van der Waals surface area contributed by atoms with Crippen molar-refractivity contribution >= 4 is 5.69 Å². The standard InChI is InChI=1S/C11H11F2N3/c1-7-6-16(15-10(7)11(12)13)9-4-2-8(14)3-5-9/h2-6,11H,14H2,1H3. The van der Waals surface area contributed by atoms with Gasteiger partial charge < -0.3 is 5.73 Å². The number of nitrogens with two attached hydrogens (primary N) is 1. The van der Waals surface area contributed by atoms with Crippen LogP contribution in [0.5, 0.6) is 0 Å². The summed E-state index contributed by atoms with van der Waals surface area (Å²) >= 11 is 0. The van der Waals surface area contributed by atoms with Gasteiger partial charge in [0, 0.05) is 11.9 Å². The van der Waals surface area contributed by atoms with Gasteiger partial charge in [-0.15, -0.1) is 0 Å². The van der Waals surface area contributed by atoms with Crippen molar-refractivity contribution in [3.05, 3.63) is 41.7 Å². The Balaban J connectivity index is 2.41. The number of aromatic nitrogens is 2. The molecule has 2 rings (SSSR count). The van der Waals surface area contributed by atoms with Crippen LogP contribution in [0.3, 0.4) is 0 Å². The minimum atomic E-state index is -2.55. The zero-order chi connectivity index (χ0) is 11.7. The molecule has 2 N–H and O–H groups in total. The molecular weight excluding hydrogens is 212 g/mol. The van der Waals surface area contributed by atoms with E-state index in [2.05, 4.69) is 5.10 Å². The zero-order valence-electron chi connectivity index (χ0n) is 8.69. The van der Waals surface area contributed by atoms with Gasteiger partial charge in [-0.3, -0.25) is 0 Å². The second kappa shape index (κ2) is 3.92. The molecule has 16 heavy (non-hydrogen) atoms. The molecular formula is C11H11F2N3. The molecule has 0 saturated heterocycles. The molecule has 0 bridgehead atoms. The topological polar surface area (TPSA) is 43.8 Å². The maximum Gasteiger partial charge on any atom is 0.282 e. The fraction of sp³-hybridized carbons (Fsp3) is 0.182. The van der Waals surface area contributed by atoms with Crippen molar-refractivity contribution in [2.45, 2.75) is 13.3 Å². The third-order valence-corrected chi connectivity index (χ3v) is 2.30. The summed E-state index contributed by atoms with van der Waals surface area (Å²) in [7, 11) is 0. The Morgan fingerprint density at radius 2 is 1.88 bits per heavy atom. The van der Waals surface area contributed by atoms with Crippen LogP contribution in [-0.2, 0) is 0 Å². The average molecular weight is 223 g/mol. The molecule has 2 aromatic rings. The Kier molecular flexibility index (Phi) is 2.60. The van der Waals surface area contributed by atoms with Crippen molar-refractivity contribution < 1.29 is 8.78 Å². The van der Waals surface area contributed by atoms with E-state index in [1.165, 1.54) is 4.68 Å². The molecule has 0 spiro atoms. The third-order valence-electron chi connectivity index (χ3n) is 2.30. The maximum atomic E-state index is 12.5. The van der Waals surface area contributed by atoms with Crippen LogP contribution in [-0.4, -0.2) is 9.78 Å². The van der Waals surface area contributed by atoms with Gasteiger partial charge in [-0.2, -0.15) is 5.10 Å². The van der Waals surface area contributed by atoms with Gasteiger partial charge in [-0.25, -0.2) is 13.5 Å². The average Bonchev–Trinajstić information content (AvgIpc) is 2.61. The Hall–Kier alpha value is -1.91. The van der Waals surface area contributed by atoms with Crippen molar-refractivity contribution in [2.75, 3.05) is 5.73 Å². The number of rotatable bonds is 2.